The summed E-state index contributed by atoms with van der Waals surface area (Å²) in [4.78, 5) is 12.0. The van der Waals surface area contributed by atoms with Gasteiger partial charge in [0.05, 0.1) is 6.04 Å². The first-order chi connectivity index (χ1) is 7.83. The number of benzene rings is 1. The molecule has 0 amide bonds. The predicted octanol–water partition coefficient (Wildman–Crippen LogP) is 2.57. The van der Waals surface area contributed by atoms with E-state index in [9.17, 15) is 4.79 Å². The zero-order valence-corrected chi connectivity index (χ0v) is 9.36. The number of carbonyl (C=O) groups excluding carboxylic acids is 1. The molecule has 0 aliphatic carbocycles. The van der Waals surface area contributed by atoms with E-state index >= 15 is 0 Å². The first-order valence-corrected chi connectivity index (χ1v) is 5.79. The Labute approximate surface area is 96.4 Å². The smallest absolute Gasteiger partial charge is 0.181 e. The molecule has 2 nitrogen and oxygen atoms in total. The molecule has 1 saturated heterocycles. The van der Waals surface area contributed by atoms with Crippen LogP contribution in [0.5, 0.6) is 0 Å². The molecule has 2 heteroatoms. The van der Waals surface area contributed by atoms with Gasteiger partial charge in [0.15, 0.2) is 5.78 Å². The SMILES string of the molecule is C=CCCC[C@H]1N[C@@H]1C(=O)c1ccccc1. The van der Waals surface area contributed by atoms with E-state index in [4.69, 9.17) is 0 Å². The lowest BCUT2D eigenvalue weighted by atomic mass is 10.0. The summed E-state index contributed by atoms with van der Waals surface area (Å²) in [7, 11) is 0. The van der Waals surface area contributed by atoms with Crippen LogP contribution in [0.3, 0.4) is 0 Å². The third-order valence-electron chi connectivity index (χ3n) is 2.95. The number of hydrogen-bond donors (Lipinski definition) is 1. The molecule has 1 aliphatic rings. The minimum Gasteiger partial charge on any atom is -0.301 e. The highest BCUT2D eigenvalue weighted by Gasteiger charge is 2.41. The molecule has 16 heavy (non-hydrogen) atoms. The van der Waals surface area contributed by atoms with Crippen LogP contribution < -0.4 is 5.32 Å². The van der Waals surface area contributed by atoms with Crippen molar-refractivity contribution in [2.45, 2.75) is 31.3 Å². The summed E-state index contributed by atoms with van der Waals surface area (Å²) in [6, 6.07) is 9.93. The molecule has 1 aliphatic heterocycles. The molecule has 0 unspecified atom stereocenters. The van der Waals surface area contributed by atoms with Crippen LogP contribution in [0.2, 0.25) is 0 Å². The van der Waals surface area contributed by atoms with Crippen LogP contribution in [0, 0.1) is 0 Å². The van der Waals surface area contributed by atoms with Crippen LogP contribution in [0.4, 0.5) is 0 Å². The van der Waals surface area contributed by atoms with Gasteiger partial charge in [-0.1, -0.05) is 36.4 Å². The van der Waals surface area contributed by atoms with Crippen molar-refractivity contribution in [3.63, 3.8) is 0 Å². The van der Waals surface area contributed by atoms with Gasteiger partial charge in [-0.25, -0.2) is 0 Å². The molecule has 2 atom stereocenters. The second-order valence-corrected chi connectivity index (χ2v) is 4.20. The Balaban J connectivity index is 1.83. The normalized spacial score (nSPS) is 22.8. The van der Waals surface area contributed by atoms with Gasteiger partial charge in [-0.05, 0) is 19.3 Å². The Kier molecular flexibility index (Phi) is 3.52. The predicted molar refractivity (Wildman–Crippen MR) is 65.5 cm³/mol. The van der Waals surface area contributed by atoms with E-state index in [0.29, 0.717) is 6.04 Å². The lowest BCUT2D eigenvalue weighted by Crippen LogP contribution is -2.11. The molecular weight excluding hydrogens is 198 g/mol. The van der Waals surface area contributed by atoms with E-state index in [-0.39, 0.29) is 11.8 Å². The van der Waals surface area contributed by atoms with Crippen molar-refractivity contribution >= 4 is 5.78 Å². The first kappa shape index (κ1) is 11.1. The van der Waals surface area contributed by atoms with Crippen molar-refractivity contribution in [3.8, 4) is 0 Å². The zero-order chi connectivity index (χ0) is 11.4. The molecule has 0 saturated carbocycles. The standard InChI is InChI=1S/C14H17NO/c1-2-3-5-10-12-13(15-12)14(16)11-8-6-4-7-9-11/h2,4,6-9,12-13,15H,1,3,5,10H2/t12-,13+/m1/s1. The molecule has 0 bridgehead atoms. The number of Topliss-reactive ketones (excluding diaryl/α,β-unsaturated/α-hetero) is 1. The minimum absolute atomic E-state index is 0.0483. The summed E-state index contributed by atoms with van der Waals surface area (Å²) in [5, 5.41) is 3.24. The average molecular weight is 215 g/mol. The van der Waals surface area contributed by atoms with E-state index in [1.54, 1.807) is 0 Å². The fraction of sp³-hybridized carbons (Fsp3) is 0.357. The first-order valence-electron chi connectivity index (χ1n) is 5.79. The van der Waals surface area contributed by atoms with Gasteiger partial charge in [-0.2, -0.15) is 0 Å². The van der Waals surface area contributed by atoms with Gasteiger partial charge >= 0.3 is 0 Å². The molecule has 1 heterocycles. The van der Waals surface area contributed by atoms with Crippen molar-refractivity contribution in [2.24, 2.45) is 0 Å². The number of nitrogens with one attached hydrogen (secondary N) is 1. The van der Waals surface area contributed by atoms with Crippen molar-refractivity contribution in [1.82, 2.24) is 5.32 Å². The topological polar surface area (TPSA) is 39.0 Å². The summed E-state index contributed by atoms with van der Waals surface area (Å²) in [5.41, 5.74) is 0.811. The van der Waals surface area contributed by atoms with Crippen LogP contribution in [0.25, 0.3) is 0 Å². The Bertz CT molecular complexity index is 372. The molecule has 1 N–H and O–H groups in total. The summed E-state index contributed by atoms with van der Waals surface area (Å²) in [6.07, 6.45) is 5.13. The molecule has 1 fully saturated rings. The highest BCUT2D eigenvalue weighted by Crippen LogP contribution is 2.21. The van der Waals surface area contributed by atoms with Crippen LogP contribution >= 0.6 is 0 Å². The Hall–Kier alpha value is -1.41. The monoisotopic (exact) mass is 215 g/mol. The Morgan fingerprint density at radius 3 is 2.81 bits per heavy atom. The van der Waals surface area contributed by atoms with Crippen LogP contribution in [0.15, 0.2) is 43.0 Å². The van der Waals surface area contributed by atoms with E-state index in [1.807, 2.05) is 36.4 Å². The molecule has 2 rings (SSSR count). The van der Waals surface area contributed by atoms with E-state index in [0.717, 1.165) is 24.8 Å². The van der Waals surface area contributed by atoms with E-state index in [1.165, 1.54) is 0 Å². The molecule has 0 aromatic heterocycles. The van der Waals surface area contributed by atoms with Gasteiger partial charge < -0.3 is 5.32 Å². The maximum atomic E-state index is 12.0. The average Bonchev–Trinajstić information content (AvgIpc) is 3.09. The summed E-state index contributed by atoms with van der Waals surface area (Å²) >= 11 is 0. The highest BCUT2D eigenvalue weighted by molar-refractivity contribution is 6.02. The van der Waals surface area contributed by atoms with Gasteiger partial charge in [0.1, 0.15) is 0 Å². The fourth-order valence-corrected chi connectivity index (χ4v) is 1.95. The van der Waals surface area contributed by atoms with Crippen molar-refractivity contribution in [1.29, 1.82) is 0 Å². The minimum atomic E-state index is 0.0483. The van der Waals surface area contributed by atoms with Gasteiger partial charge in [0, 0.05) is 11.6 Å². The zero-order valence-electron chi connectivity index (χ0n) is 9.36. The summed E-state index contributed by atoms with van der Waals surface area (Å²) in [6.45, 7) is 3.69. The maximum absolute atomic E-state index is 12.0. The van der Waals surface area contributed by atoms with Crippen LogP contribution in [-0.4, -0.2) is 17.9 Å². The molecule has 84 valence electrons. The second-order valence-electron chi connectivity index (χ2n) is 4.20. The van der Waals surface area contributed by atoms with Crippen molar-refractivity contribution in [2.75, 3.05) is 0 Å². The molecule has 1 aromatic carbocycles. The number of hydrogen-bond acceptors (Lipinski definition) is 2. The molecule has 1 aromatic rings. The third kappa shape index (κ3) is 2.58. The van der Waals surface area contributed by atoms with Gasteiger partial charge in [0.25, 0.3) is 0 Å². The largest absolute Gasteiger partial charge is 0.301 e. The number of rotatable bonds is 6. The van der Waals surface area contributed by atoms with Crippen LogP contribution in [-0.2, 0) is 0 Å². The third-order valence-corrected chi connectivity index (χ3v) is 2.95. The quantitative estimate of drug-likeness (QED) is 0.343. The number of carbonyl (C=O) groups is 1. The lowest BCUT2D eigenvalue weighted by molar-refractivity contribution is 0.0987. The molecule has 0 spiro atoms. The molecular formula is C14H17NO. The van der Waals surface area contributed by atoms with Crippen LogP contribution in [0.1, 0.15) is 29.6 Å². The number of ketones is 1. The Morgan fingerprint density at radius 1 is 1.38 bits per heavy atom. The van der Waals surface area contributed by atoms with Crippen molar-refractivity contribution in [3.05, 3.63) is 48.6 Å². The van der Waals surface area contributed by atoms with Gasteiger partial charge in [0.2, 0.25) is 0 Å². The van der Waals surface area contributed by atoms with E-state index < -0.39 is 0 Å². The highest BCUT2D eigenvalue weighted by atomic mass is 16.1. The summed E-state index contributed by atoms with van der Waals surface area (Å²) < 4.78 is 0. The van der Waals surface area contributed by atoms with Gasteiger partial charge in [-0.3, -0.25) is 4.79 Å². The van der Waals surface area contributed by atoms with Crippen molar-refractivity contribution < 1.29 is 4.79 Å². The maximum Gasteiger partial charge on any atom is 0.181 e. The lowest BCUT2D eigenvalue weighted by Gasteiger charge is -1.97. The number of unbranched alkanes of at least 4 members (excludes halogenated alkanes) is 1. The number of allylic oxidation sites excluding steroid dienone is 1. The fourth-order valence-electron chi connectivity index (χ4n) is 1.95. The van der Waals surface area contributed by atoms with E-state index in [2.05, 4.69) is 11.9 Å². The summed E-state index contributed by atoms with van der Waals surface area (Å²) in [5.74, 6) is 0.226. The Morgan fingerprint density at radius 2 is 2.12 bits per heavy atom. The second kappa shape index (κ2) is 5.08. The van der Waals surface area contributed by atoms with Gasteiger partial charge in [-0.15, -0.1) is 6.58 Å². The molecule has 0 radical (unpaired) electrons.